The first kappa shape index (κ1) is 34.5. The third-order valence-electron chi connectivity index (χ3n) is 12.6. The minimum Gasteiger partial charge on any atom is -0.456 e. The van der Waals surface area contributed by atoms with Crippen LogP contribution in [0.3, 0.4) is 0 Å². The van der Waals surface area contributed by atoms with Crippen molar-refractivity contribution >= 4 is 93.5 Å². The van der Waals surface area contributed by atoms with Crippen molar-refractivity contribution in [3.63, 3.8) is 0 Å². The fraction of sp³-hybridized carbons (Fsp3) is 0. The van der Waals surface area contributed by atoms with Gasteiger partial charge in [0.25, 0.3) is 0 Å². The summed E-state index contributed by atoms with van der Waals surface area (Å²) in [4.78, 5) is 2.32. The molecule has 0 amide bonds. The zero-order chi connectivity index (χ0) is 40.7. The summed E-state index contributed by atoms with van der Waals surface area (Å²) in [6, 6.07) is 77.9. The maximum Gasteiger partial charge on any atom is 0.159 e. The molecule has 0 fully saturated rings. The molecule has 0 aliphatic rings. The van der Waals surface area contributed by atoms with Crippen LogP contribution in [0, 0.1) is 0 Å². The van der Waals surface area contributed by atoms with Gasteiger partial charge in [-0.3, -0.25) is 0 Å². The number of hydrogen-bond donors (Lipinski definition) is 0. The van der Waals surface area contributed by atoms with Gasteiger partial charge in [-0.15, -0.1) is 0 Å². The average Bonchev–Trinajstić information content (AvgIpc) is 4.02. The zero-order valence-corrected chi connectivity index (χ0v) is 33.5. The van der Waals surface area contributed by atoms with E-state index in [2.05, 4.69) is 210 Å². The third-order valence-corrected chi connectivity index (χ3v) is 12.6. The van der Waals surface area contributed by atoms with Crippen molar-refractivity contribution < 1.29 is 8.83 Å². The van der Waals surface area contributed by atoms with Crippen molar-refractivity contribution in [3.05, 3.63) is 218 Å². The predicted octanol–water partition coefficient (Wildman–Crippen LogP) is 16.5. The van der Waals surface area contributed by atoms with Gasteiger partial charge in [-0.2, -0.15) is 0 Å². The van der Waals surface area contributed by atoms with Gasteiger partial charge in [0.1, 0.15) is 16.7 Å². The van der Waals surface area contributed by atoms with Gasteiger partial charge >= 0.3 is 0 Å². The number of rotatable bonds is 6. The smallest absolute Gasteiger partial charge is 0.159 e. The second-order valence-electron chi connectivity index (χ2n) is 16.1. The summed E-state index contributed by atoms with van der Waals surface area (Å²) in [5.41, 5.74) is 14.5. The van der Waals surface area contributed by atoms with Crippen LogP contribution in [0.4, 0.5) is 17.1 Å². The maximum atomic E-state index is 7.01. The topological polar surface area (TPSA) is 34.5 Å². The van der Waals surface area contributed by atoms with E-state index >= 15 is 0 Å². The lowest BCUT2D eigenvalue weighted by Gasteiger charge is -2.26. The first-order valence-electron chi connectivity index (χ1n) is 21.1. The van der Waals surface area contributed by atoms with Crippen LogP contribution in [0.15, 0.2) is 227 Å². The molecule has 10 aromatic carbocycles. The molecule has 3 heterocycles. The van der Waals surface area contributed by atoms with Gasteiger partial charge < -0.3 is 18.3 Å². The van der Waals surface area contributed by atoms with Crippen molar-refractivity contribution in [1.29, 1.82) is 0 Å². The van der Waals surface area contributed by atoms with Gasteiger partial charge in [-0.1, -0.05) is 158 Å². The molecule has 0 spiro atoms. The summed E-state index contributed by atoms with van der Waals surface area (Å²) >= 11 is 0. The highest BCUT2D eigenvalue weighted by atomic mass is 16.3. The predicted molar refractivity (Wildman–Crippen MR) is 258 cm³/mol. The molecule has 0 unspecified atom stereocenters. The van der Waals surface area contributed by atoms with Gasteiger partial charge in [0.2, 0.25) is 0 Å². The second kappa shape index (κ2) is 13.6. The van der Waals surface area contributed by atoms with Crippen molar-refractivity contribution in [2.75, 3.05) is 4.90 Å². The largest absolute Gasteiger partial charge is 0.456 e. The molecule has 62 heavy (non-hydrogen) atoms. The maximum absolute atomic E-state index is 7.01. The summed E-state index contributed by atoms with van der Waals surface area (Å²) in [7, 11) is 0. The number of hydrogen-bond acceptors (Lipinski definition) is 3. The lowest BCUT2D eigenvalue weighted by molar-refractivity contribution is 0.669. The van der Waals surface area contributed by atoms with Gasteiger partial charge in [0, 0.05) is 60.3 Å². The van der Waals surface area contributed by atoms with Gasteiger partial charge in [-0.25, -0.2) is 0 Å². The van der Waals surface area contributed by atoms with E-state index in [1.54, 1.807) is 0 Å². The SMILES string of the molecule is c1ccc(-c2cccc3c2oc2c(N(c4ccc(-c5ccc6c7ccc8ccccc8c7n(-c7ccccc7)c6c5)cc4)c4ccc5oc6ccccc6c5c4)cccc23)cc1. The van der Waals surface area contributed by atoms with Crippen LogP contribution in [-0.4, -0.2) is 4.57 Å². The Kier molecular flexibility index (Phi) is 7.57. The van der Waals surface area contributed by atoms with Crippen LogP contribution in [0.25, 0.3) is 104 Å². The van der Waals surface area contributed by atoms with Gasteiger partial charge in [0.15, 0.2) is 5.58 Å². The molecule has 0 aliphatic carbocycles. The number of benzene rings is 10. The average molecular weight is 793 g/mol. The Morgan fingerprint density at radius 3 is 1.87 bits per heavy atom. The molecule has 0 radical (unpaired) electrons. The molecule has 0 N–H and O–H groups in total. The van der Waals surface area contributed by atoms with Crippen LogP contribution >= 0.6 is 0 Å². The first-order chi connectivity index (χ1) is 30.7. The molecule has 0 atom stereocenters. The quantitative estimate of drug-likeness (QED) is 0.168. The Labute approximate surface area is 356 Å². The van der Waals surface area contributed by atoms with Crippen LogP contribution in [0.2, 0.25) is 0 Å². The third kappa shape index (κ3) is 5.27. The van der Waals surface area contributed by atoms with E-state index in [4.69, 9.17) is 8.83 Å². The molecule has 0 aliphatic heterocycles. The lowest BCUT2D eigenvalue weighted by atomic mass is 10.0. The van der Waals surface area contributed by atoms with Crippen LogP contribution in [0.1, 0.15) is 0 Å². The number of aromatic nitrogens is 1. The van der Waals surface area contributed by atoms with Crippen molar-refractivity contribution in [1.82, 2.24) is 4.57 Å². The summed E-state index contributed by atoms with van der Waals surface area (Å²) < 4.78 is 15.7. The Morgan fingerprint density at radius 2 is 1.02 bits per heavy atom. The molecule has 0 bridgehead atoms. The fourth-order valence-corrected chi connectivity index (χ4v) is 9.71. The minimum absolute atomic E-state index is 0.832. The van der Waals surface area contributed by atoms with Crippen LogP contribution < -0.4 is 4.90 Å². The first-order valence-corrected chi connectivity index (χ1v) is 21.1. The molecule has 290 valence electrons. The molecule has 4 nitrogen and oxygen atoms in total. The zero-order valence-electron chi connectivity index (χ0n) is 33.5. The second-order valence-corrected chi connectivity index (χ2v) is 16.1. The molecule has 0 saturated heterocycles. The molecular formula is C58H36N2O2. The van der Waals surface area contributed by atoms with Crippen LogP contribution in [-0.2, 0) is 0 Å². The Bertz CT molecular complexity index is 3860. The normalized spacial score (nSPS) is 11.9. The van der Waals surface area contributed by atoms with Crippen molar-refractivity contribution in [2.24, 2.45) is 0 Å². The Hall–Kier alpha value is -8.34. The number of fused-ring (bicyclic) bond motifs is 11. The fourth-order valence-electron chi connectivity index (χ4n) is 9.71. The van der Waals surface area contributed by atoms with E-state index in [1.807, 2.05) is 18.2 Å². The Balaban J connectivity index is 0.994. The van der Waals surface area contributed by atoms with E-state index in [1.165, 1.54) is 32.6 Å². The van der Waals surface area contributed by atoms with E-state index < -0.39 is 0 Å². The summed E-state index contributed by atoms with van der Waals surface area (Å²) in [5.74, 6) is 0. The number of furan rings is 2. The lowest BCUT2D eigenvalue weighted by Crippen LogP contribution is -2.10. The van der Waals surface area contributed by atoms with Crippen molar-refractivity contribution in [3.8, 4) is 27.9 Å². The van der Waals surface area contributed by atoms with Crippen LogP contribution in [0.5, 0.6) is 0 Å². The monoisotopic (exact) mass is 792 g/mol. The minimum atomic E-state index is 0.832. The van der Waals surface area contributed by atoms with E-state index in [-0.39, 0.29) is 0 Å². The highest BCUT2D eigenvalue weighted by Crippen LogP contribution is 2.46. The van der Waals surface area contributed by atoms with Gasteiger partial charge in [-0.05, 0) is 82.7 Å². The summed E-state index contributed by atoms with van der Waals surface area (Å²) in [6.45, 7) is 0. The van der Waals surface area contributed by atoms with Crippen molar-refractivity contribution in [2.45, 2.75) is 0 Å². The highest BCUT2D eigenvalue weighted by molar-refractivity contribution is 6.19. The van der Waals surface area contributed by atoms with E-state index in [9.17, 15) is 0 Å². The van der Waals surface area contributed by atoms with E-state index in [0.29, 0.717) is 0 Å². The summed E-state index contributed by atoms with van der Waals surface area (Å²) in [6.07, 6.45) is 0. The molecule has 3 aromatic heterocycles. The highest BCUT2D eigenvalue weighted by Gasteiger charge is 2.22. The van der Waals surface area contributed by atoms with E-state index in [0.717, 1.165) is 88.9 Å². The van der Waals surface area contributed by atoms with Gasteiger partial charge in [0.05, 0.1) is 16.7 Å². The molecule has 13 rings (SSSR count). The Morgan fingerprint density at radius 1 is 0.355 bits per heavy atom. The number of nitrogens with zero attached hydrogens (tertiary/aromatic N) is 2. The molecule has 13 aromatic rings. The standard InChI is InChI=1S/C58H36N2O2/c1-3-13-38(14-4-1)45-20-11-21-49-50-22-12-23-52(58(50)62-57(45)49)59(43-31-34-55-51(36-43)47-19-9-10-24-54(47)61-55)42-29-25-37(26-30-42)40-28-32-46-48-33-27-39-15-7-8-18-44(39)56(48)60(53(46)35-40)41-16-5-2-6-17-41/h1-36H. The molecular weight excluding hydrogens is 757 g/mol. The number of para-hydroxylation sites is 4. The summed E-state index contributed by atoms with van der Waals surface area (Å²) in [5, 5.41) is 9.27. The molecule has 4 heteroatoms. The molecule has 0 saturated carbocycles. The number of anilines is 3.